The van der Waals surface area contributed by atoms with Crippen molar-refractivity contribution in [1.82, 2.24) is 9.97 Å². The highest BCUT2D eigenvalue weighted by Gasteiger charge is 2.17. The van der Waals surface area contributed by atoms with Crippen molar-refractivity contribution in [3.63, 3.8) is 0 Å². The lowest BCUT2D eigenvalue weighted by Gasteiger charge is -2.07. The highest BCUT2D eigenvalue weighted by Crippen LogP contribution is 2.17. The van der Waals surface area contributed by atoms with Crippen molar-refractivity contribution in [1.29, 1.82) is 0 Å². The van der Waals surface area contributed by atoms with Crippen LogP contribution in [0, 0.1) is 4.77 Å². The van der Waals surface area contributed by atoms with Crippen molar-refractivity contribution in [2.24, 2.45) is 0 Å². The maximum absolute atomic E-state index is 12.0. The van der Waals surface area contributed by atoms with Crippen LogP contribution in [0.1, 0.15) is 17.3 Å². The molecule has 0 spiro atoms. The highest BCUT2D eigenvalue weighted by atomic mass is 32.1. The fraction of sp³-hybridized carbons (Fsp3) is 0.0769. The van der Waals surface area contributed by atoms with Crippen molar-refractivity contribution in [2.75, 3.05) is 5.32 Å². The first kappa shape index (κ1) is 15.4. The van der Waals surface area contributed by atoms with Crippen LogP contribution < -0.4 is 15.6 Å². The van der Waals surface area contributed by atoms with Gasteiger partial charge < -0.3 is 20.1 Å². The van der Waals surface area contributed by atoms with Crippen molar-refractivity contribution < 1.29 is 19.4 Å². The van der Waals surface area contributed by atoms with Crippen LogP contribution in [0.25, 0.3) is 0 Å². The maximum atomic E-state index is 12.0. The first-order chi connectivity index (χ1) is 10.4. The minimum Gasteiger partial charge on any atom is -0.494 e. The van der Waals surface area contributed by atoms with Crippen molar-refractivity contribution >= 4 is 29.8 Å². The Morgan fingerprint density at radius 3 is 2.41 bits per heavy atom. The summed E-state index contributed by atoms with van der Waals surface area (Å²) in [6.45, 7) is 1.27. The number of hydrogen-bond acceptors (Lipinski definition) is 6. The first-order valence-corrected chi connectivity index (χ1v) is 6.43. The predicted octanol–water partition coefficient (Wildman–Crippen LogP) is 1.32. The van der Waals surface area contributed by atoms with E-state index in [1.165, 1.54) is 31.2 Å². The number of ether oxygens (including phenoxy) is 1. The molecule has 0 bridgehead atoms. The van der Waals surface area contributed by atoms with Crippen molar-refractivity contribution in [2.45, 2.75) is 6.92 Å². The van der Waals surface area contributed by atoms with Crippen LogP contribution in [-0.2, 0) is 4.79 Å². The third-order valence-corrected chi connectivity index (χ3v) is 2.73. The third-order valence-electron chi connectivity index (χ3n) is 2.52. The van der Waals surface area contributed by atoms with Gasteiger partial charge in [-0.3, -0.25) is 19.4 Å². The van der Waals surface area contributed by atoms with E-state index in [-0.39, 0.29) is 4.77 Å². The SMILES string of the molecule is CC(=O)Oc1ccc(NC(=O)c2c(O)[nH]c(=S)[nH]c2=O)cc1. The van der Waals surface area contributed by atoms with Gasteiger partial charge in [-0.2, -0.15) is 0 Å². The molecule has 0 atom stereocenters. The molecular weight excluding hydrogens is 310 g/mol. The lowest BCUT2D eigenvalue weighted by Crippen LogP contribution is -2.24. The van der Waals surface area contributed by atoms with E-state index >= 15 is 0 Å². The monoisotopic (exact) mass is 321 g/mol. The van der Waals surface area contributed by atoms with Crippen molar-refractivity contribution in [3.05, 3.63) is 45.0 Å². The Kier molecular flexibility index (Phi) is 4.37. The number of carbonyl (C=O) groups is 2. The Hall–Kier alpha value is -2.94. The maximum Gasteiger partial charge on any atom is 0.308 e. The first-order valence-electron chi connectivity index (χ1n) is 6.02. The molecule has 1 amide bonds. The molecule has 9 heteroatoms. The molecule has 0 unspecified atom stereocenters. The zero-order valence-corrected chi connectivity index (χ0v) is 12.1. The second-order valence-corrected chi connectivity index (χ2v) is 4.61. The number of H-pyrrole nitrogens is 2. The van der Waals surface area contributed by atoms with Crippen LogP contribution in [0.2, 0.25) is 0 Å². The van der Waals surface area contributed by atoms with Gasteiger partial charge in [0.25, 0.3) is 11.5 Å². The molecule has 0 radical (unpaired) electrons. The second-order valence-electron chi connectivity index (χ2n) is 4.20. The molecular formula is C13H11N3O5S. The summed E-state index contributed by atoms with van der Waals surface area (Å²) in [6.07, 6.45) is 0. The van der Waals surface area contributed by atoms with E-state index in [1.807, 2.05) is 0 Å². The van der Waals surface area contributed by atoms with Crippen molar-refractivity contribution in [3.8, 4) is 11.6 Å². The fourth-order valence-electron chi connectivity index (χ4n) is 1.65. The van der Waals surface area contributed by atoms with Gasteiger partial charge >= 0.3 is 5.97 Å². The van der Waals surface area contributed by atoms with Crippen LogP contribution in [0.4, 0.5) is 5.69 Å². The second kappa shape index (κ2) is 6.22. The van der Waals surface area contributed by atoms with E-state index in [0.717, 1.165) is 0 Å². The molecule has 8 nitrogen and oxygen atoms in total. The Morgan fingerprint density at radius 2 is 1.86 bits per heavy atom. The number of aromatic hydroxyl groups is 1. The van der Waals surface area contributed by atoms with Gasteiger partial charge in [-0.25, -0.2) is 0 Å². The third kappa shape index (κ3) is 3.58. The summed E-state index contributed by atoms with van der Waals surface area (Å²) < 4.78 is 4.75. The van der Waals surface area contributed by atoms with Gasteiger partial charge in [0.2, 0.25) is 5.88 Å². The molecule has 0 fully saturated rings. The lowest BCUT2D eigenvalue weighted by molar-refractivity contribution is -0.131. The molecule has 2 rings (SSSR count). The lowest BCUT2D eigenvalue weighted by atomic mass is 10.2. The fourth-order valence-corrected chi connectivity index (χ4v) is 1.84. The summed E-state index contributed by atoms with van der Waals surface area (Å²) in [5, 5.41) is 12.0. The number of esters is 1. The van der Waals surface area contributed by atoms with Crippen LogP contribution >= 0.6 is 12.2 Å². The van der Waals surface area contributed by atoms with E-state index in [4.69, 9.17) is 4.74 Å². The molecule has 0 saturated heterocycles. The van der Waals surface area contributed by atoms with E-state index in [9.17, 15) is 19.5 Å². The summed E-state index contributed by atoms with van der Waals surface area (Å²) in [6, 6.07) is 5.90. The molecule has 4 N–H and O–H groups in total. The topological polar surface area (TPSA) is 124 Å². The van der Waals surface area contributed by atoms with Gasteiger partial charge in [0, 0.05) is 12.6 Å². The number of carbonyl (C=O) groups excluding carboxylic acids is 2. The summed E-state index contributed by atoms with van der Waals surface area (Å²) in [5.74, 6) is -1.59. The predicted molar refractivity (Wildman–Crippen MR) is 79.6 cm³/mol. The number of aromatic nitrogens is 2. The van der Waals surface area contributed by atoms with E-state index in [0.29, 0.717) is 11.4 Å². The van der Waals surface area contributed by atoms with E-state index in [1.54, 1.807) is 0 Å². The molecule has 1 aromatic heterocycles. The number of hydrogen-bond donors (Lipinski definition) is 4. The summed E-state index contributed by atoms with van der Waals surface area (Å²) in [5.41, 5.74) is -0.949. The largest absolute Gasteiger partial charge is 0.494 e. The minimum atomic E-state index is -0.815. The summed E-state index contributed by atoms with van der Waals surface area (Å²) in [7, 11) is 0. The van der Waals surface area contributed by atoms with E-state index in [2.05, 4.69) is 27.5 Å². The van der Waals surface area contributed by atoms with Crippen LogP contribution in [0.15, 0.2) is 29.1 Å². The molecule has 0 aliphatic heterocycles. The number of anilines is 1. The number of rotatable bonds is 3. The number of aromatic amines is 2. The normalized spacial score (nSPS) is 10.0. The van der Waals surface area contributed by atoms with Gasteiger partial charge in [0.05, 0.1) is 0 Å². The molecule has 0 aliphatic rings. The van der Waals surface area contributed by atoms with Crippen LogP contribution in [-0.4, -0.2) is 27.0 Å². The summed E-state index contributed by atoms with van der Waals surface area (Å²) in [4.78, 5) is 38.9. The van der Waals surface area contributed by atoms with Gasteiger partial charge in [-0.1, -0.05) is 0 Å². The van der Waals surface area contributed by atoms with Gasteiger partial charge in [-0.15, -0.1) is 0 Å². The quantitative estimate of drug-likeness (QED) is 0.384. The molecule has 0 aliphatic carbocycles. The number of amides is 1. The van der Waals surface area contributed by atoms with Gasteiger partial charge in [0.1, 0.15) is 5.75 Å². The van der Waals surface area contributed by atoms with Gasteiger partial charge in [-0.05, 0) is 36.5 Å². The molecule has 22 heavy (non-hydrogen) atoms. The average molecular weight is 321 g/mol. The highest BCUT2D eigenvalue weighted by molar-refractivity contribution is 7.71. The standard InChI is InChI=1S/C13H11N3O5S/c1-6(17)21-8-4-2-7(3-5-8)14-10(18)9-11(19)15-13(22)16-12(9)20/h2-5H,1H3,(H,14,18)(H3,15,16,19,20,22). The Labute approximate surface area is 128 Å². The number of nitrogens with one attached hydrogen (secondary N) is 3. The molecule has 0 saturated carbocycles. The van der Waals surface area contributed by atoms with Crippen LogP contribution in [0.5, 0.6) is 11.6 Å². The zero-order valence-electron chi connectivity index (χ0n) is 11.3. The average Bonchev–Trinajstić information content (AvgIpc) is 2.39. The Balaban J connectivity index is 2.21. The summed E-state index contributed by atoms with van der Waals surface area (Å²) >= 11 is 4.67. The van der Waals surface area contributed by atoms with E-state index < -0.39 is 28.9 Å². The molecule has 114 valence electrons. The molecule has 1 heterocycles. The Morgan fingerprint density at radius 1 is 1.23 bits per heavy atom. The zero-order chi connectivity index (χ0) is 16.3. The molecule has 2 aromatic rings. The Bertz CT molecular complexity index is 838. The molecule has 1 aromatic carbocycles. The minimum absolute atomic E-state index is 0.0928. The smallest absolute Gasteiger partial charge is 0.308 e. The van der Waals surface area contributed by atoms with Gasteiger partial charge in [0.15, 0.2) is 10.3 Å². The van der Waals surface area contributed by atoms with Crippen LogP contribution in [0.3, 0.4) is 0 Å². The number of benzene rings is 1.